The van der Waals surface area contributed by atoms with Crippen molar-refractivity contribution in [2.75, 3.05) is 6.54 Å². The quantitative estimate of drug-likeness (QED) is 0.800. The second kappa shape index (κ2) is 7.84. The lowest BCUT2D eigenvalue weighted by Gasteiger charge is -2.27. The van der Waals surface area contributed by atoms with Gasteiger partial charge in [0.1, 0.15) is 5.75 Å². The van der Waals surface area contributed by atoms with Gasteiger partial charge in [0.25, 0.3) is 0 Å². The maximum absolute atomic E-state index is 5.78. The molecule has 0 spiro atoms. The lowest BCUT2D eigenvalue weighted by molar-refractivity contribution is 0.242. The van der Waals surface area contributed by atoms with Crippen molar-refractivity contribution in [2.45, 2.75) is 65.5 Å². The molecule has 0 bridgehead atoms. The summed E-state index contributed by atoms with van der Waals surface area (Å²) < 4.78 is 5.78. The summed E-state index contributed by atoms with van der Waals surface area (Å²) in [6.45, 7) is 9.91. The van der Waals surface area contributed by atoms with Gasteiger partial charge in [-0.15, -0.1) is 0 Å². The third kappa shape index (κ3) is 5.35. The Morgan fingerprint density at radius 1 is 1.14 bits per heavy atom. The van der Waals surface area contributed by atoms with E-state index in [2.05, 4.69) is 51.2 Å². The summed E-state index contributed by atoms with van der Waals surface area (Å²) in [5, 5.41) is 3.71. The van der Waals surface area contributed by atoms with E-state index in [1.54, 1.807) is 0 Å². The van der Waals surface area contributed by atoms with Gasteiger partial charge in [-0.25, -0.2) is 0 Å². The van der Waals surface area contributed by atoms with Gasteiger partial charge < -0.3 is 10.1 Å². The molecule has 0 heterocycles. The van der Waals surface area contributed by atoms with E-state index in [4.69, 9.17) is 4.74 Å². The lowest BCUT2D eigenvalue weighted by Crippen LogP contribution is -2.28. The summed E-state index contributed by atoms with van der Waals surface area (Å²) in [5.41, 5.74) is 1.32. The van der Waals surface area contributed by atoms with Crippen LogP contribution in [0.25, 0.3) is 0 Å². The van der Waals surface area contributed by atoms with Gasteiger partial charge in [-0.2, -0.15) is 0 Å². The van der Waals surface area contributed by atoms with Gasteiger partial charge in [0.15, 0.2) is 0 Å². The van der Waals surface area contributed by atoms with Crippen LogP contribution in [0.15, 0.2) is 24.3 Å². The fourth-order valence-electron chi connectivity index (χ4n) is 3.12. The average Bonchev–Trinajstić information content (AvgIpc) is 2.46. The molecular formula is C19H31NO. The Labute approximate surface area is 130 Å². The second-order valence-corrected chi connectivity index (χ2v) is 6.99. The maximum atomic E-state index is 5.78. The Kier molecular flexibility index (Phi) is 6.10. The van der Waals surface area contributed by atoms with Gasteiger partial charge in [0, 0.05) is 6.04 Å². The minimum atomic E-state index is 0.229. The molecule has 0 saturated heterocycles. The van der Waals surface area contributed by atoms with E-state index in [1.165, 1.54) is 31.2 Å². The molecule has 1 aromatic carbocycles. The Hall–Kier alpha value is -1.02. The summed E-state index contributed by atoms with van der Waals surface area (Å²) >= 11 is 0. The first-order valence-corrected chi connectivity index (χ1v) is 8.54. The van der Waals surface area contributed by atoms with Crippen LogP contribution in [0.2, 0.25) is 0 Å². The first kappa shape index (κ1) is 16.4. The summed E-state index contributed by atoms with van der Waals surface area (Å²) in [4.78, 5) is 0. The summed E-state index contributed by atoms with van der Waals surface area (Å²) in [6, 6.07) is 8.88. The van der Waals surface area contributed by atoms with E-state index >= 15 is 0 Å². The van der Waals surface area contributed by atoms with Gasteiger partial charge >= 0.3 is 0 Å². The van der Waals surface area contributed by atoms with Crippen LogP contribution in [-0.4, -0.2) is 12.6 Å². The van der Waals surface area contributed by atoms with Gasteiger partial charge in [-0.3, -0.25) is 0 Å². The van der Waals surface area contributed by atoms with E-state index < -0.39 is 0 Å². The first-order valence-electron chi connectivity index (χ1n) is 8.54. The highest BCUT2D eigenvalue weighted by molar-refractivity contribution is 5.30. The molecule has 0 aliphatic heterocycles. The summed E-state index contributed by atoms with van der Waals surface area (Å²) in [6.07, 6.45) is 5.80. The van der Waals surface area contributed by atoms with Crippen LogP contribution in [0, 0.1) is 11.8 Å². The van der Waals surface area contributed by atoms with Crippen LogP contribution >= 0.6 is 0 Å². The van der Waals surface area contributed by atoms with E-state index in [9.17, 15) is 0 Å². The zero-order chi connectivity index (χ0) is 15.2. The van der Waals surface area contributed by atoms with Crippen LogP contribution < -0.4 is 10.1 Å². The minimum Gasteiger partial charge on any atom is -0.491 e. The van der Waals surface area contributed by atoms with Crippen molar-refractivity contribution >= 4 is 0 Å². The van der Waals surface area contributed by atoms with Gasteiger partial charge in [-0.1, -0.05) is 31.9 Å². The highest BCUT2D eigenvalue weighted by Crippen LogP contribution is 2.28. The summed E-state index contributed by atoms with van der Waals surface area (Å²) in [7, 11) is 0. The van der Waals surface area contributed by atoms with E-state index in [0.717, 1.165) is 24.1 Å². The molecule has 1 N–H and O–H groups in total. The van der Waals surface area contributed by atoms with E-state index in [0.29, 0.717) is 6.04 Å². The maximum Gasteiger partial charge on any atom is 0.120 e. The summed E-state index contributed by atoms with van der Waals surface area (Å²) in [5.74, 6) is 2.77. The monoisotopic (exact) mass is 289 g/mol. The van der Waals surface area contributed by atoms with Crippen LogP contribution in [0.5, 0.6) is 5.75 Å². The highest BCUT2D eigenvalue weighted by Gasteiger charge is 2.18. The number of benzene rings is 1. The van der Waals surface area contributed by atoms with Gasteiger partial charge in [-0.05, 0) is 69.7 Å². The molecule has 0 aromatic heterocycles. The molecule has 2 rings (SSSR count). The van der Waals surface area contributed by atoms with E-state index in [1.807, 2.05) is 6.07 Å². The first-order chi connectivity index (χ1) is 10.0. The molecule has 0 amide bonds. The second-order valence-electron chi connectivity index (χ2n) is 6.99. The van der Waals surface area contributed by atoms with Crippen molar-refractivity contribution in [2.24, 2.45) is 11.8 Å². The third-order valence-corrected chi connectivity index (χ3v) is 4.58. The van der Waals surface area contributed by atoms with Crippen molar-refractivity contribution in [1.82, 2.24) is 5.32 Å². The smallest absolute Gasteiger partial charge is 0.120 e. The molecule has 1 aliphatic rings. The number of ether oxygens (including phenoxy) is 1. The normalized spacial score (nSPS) is 24.0. The average molecular weight is 289 g/mol. The molecule has 1 aliphatic carbocycles. The Bertz CT molecular complexity index is 421. The predicted molar refractivity (Wildman–Crippen MR) is 89.7 cm³/mol. The Morgan fingerprint density at radius 2 is 1.86 bits per heavy atom. The SMILES string of the molecule is CC1CCC(CNC(C)c2cccc(OC(C)C)c2)CC1. The molecule has 1 aromatic rings. The lowest BCUT2D eigenvalue weighted by atomic mass is 9.83. The molecular weight excluding hydrogens is 258 g/mol. The predicted octanol–water partition coefficient (Wildman–Crippen LogP) is 4.95. The zero-order valence-corrected chi connectivity index (χ0v) is 14.1. The Balaban J connectivity index is 1.83. The molecule has 2 heteroatoms. The van der Waals surface area contributed by atoms with Crippen LogP contribution in [0.3, 0.4) is 0 Å². The minimum absolute atomic E-state index is 0.229. The molecule has 1 atom stereocenters. The van der Waals surface area contributed by atoms with Crippen molar-refractivity contribution in [3.63, 3.8) is 0 Å². The topological polar surface area (TPSA) is 21.3 Å². The van der Waals surface area contributed by atoms with Crippen LogP contribution in [-0.2, 0) is 0 Å². The molecule has 1 unspecified atom stereocenters. The zero-order valence-electron chi connectivity index (χ0n) is 14.1. The van der Waals surface area contributed by atoms with Gasteiger partial charge in [0.05, 0.1) is 6.10 Å². The molecule has 0 radical (unpaired) electrons. The van der Waals surface area contributed by atoms with Gasteiger partial charge in [0.2, 0.25) is 0 Å². The number of nitrogens with one attached hydrogen (secondary N) is 1. The fraction of sp³-hybridized carbons (Fsp3) is 0.684. The molecule has 21 heavy (non-hydrogen) atoms. The highest BCUT2D eigenvalue weighted by atomic mass is 16.5. The molecule has 2 nitrogen and oxygen atoms in total. The number of hydrogen-bond donors (Lipinski definition) is 1. The fourth-order valence-corrected chi connectivity index (χ4v) is 3.12. The largest absolute Gasteiger partial charge is 0.491 e. The van der Waals surface area contributed by atoms with Crippen LogP contribution in [0.1, 0.15) is 65.0 Å². The molecule has 1 fully saturated rings. The van der Waals surface area contributed by atoms with E-state index in [-0.39, 0.29) is 6.10 Å². The molecule has 1 saturated carbocycles. The van der Waals surface area contributed by atoms with Crippen molar-refractivity contribution in [3.8, 4) is 5.75 Å². The number of rotatable bonds is 6. The van der Waals surface area contributed by atoms with Crippen molar-refractivity contribution in [3.05, 3.63) is 29.8 Å². The Morgan fingerprint density at radius 3 is 2.52 bits per heavy atom. The standard InChI is InChI=1S/C19H31NO/c1-14(2)21-19-7-5-6-18(12-19)16(4)20-13-17-10-8-15(3)9-11-17/h5-7,12,14-17,20H,8-11,13H2,1-4H3. The van der Waals surface area contributed by atoms with Crippen LogP contribution in [0.4, 0.5) is 0 Å². The van der Waals surface area contributed by atoms with Crippen molar-refractivity contribution in [1.29, 1.82) is 0 Å². The van der Waals surface area contributed by atoms with Crippen molar-refractivity contribution < 1.29 is 4.74 Å². The number of hydrogen-bond acceptors (Lipinski definition) is 2. The third-order valence-electron chi connectivity index (χ3n) is 4.58. The molecule has 118 valence electrons.